The topological polar surface area (TPSA) is 78.4 Å². The molecule has 7 heteroatoms. The van der Waals surface area contributed by atoms with Gasteiger partial charge in [-0.3, -0.25) is 9.59 Å². The van der Waals surface area contributed by atoms with Crippen molar-refractivity contribution < 1.29 is 9.59 Å². The normalized spacial score (nSPS) is 18.1. The molecule has 0 radical (unpaired) electrons. The highest BCUT2D eigenvalue weighted by atomic mass is 16.2. The fourth-order valence-corrected chi connectivity index (χ4v) is 6.41. The summed E-state index contributed by atoms with van der Waals surface area (Å²) in [5, 5.41) is 3.06. The Labute approximate surface area is 234 Å². The first-order chi connectivity index (χ1) is 18.8. The Bertz CT molecular complexity index is 1090. The zero-order chi connectivity index (χ0) is 27.8. The van der Waals surface area contributed by atoms with Crippen LogP contribution < -0.4 is 5.32 Å². The van der Waals surface area contributed by atoms with Gasteiger partial charge in [0.25, 0.3) is 5.91 Å². The third-order valence-corrected chi connectivity index (χ3v) is 8.81. The van der Waals surface area contributed by atoms with Crippen LogP contribution in [0.5, 0.6) is 0 Å². The Balaban J connectivity index is 1.30. The van der Waals surface area contributed by atoms with E-state index >= 15 is 0 Å². The zero-order valence-corrected chi connectivity index (χ0v) is 24.4. The molecule has 212 valence electrons. The van der Waals surface area contributed by atoms with Gasteiger partial charge in [0.1, 0.15) is 6.33 Å². The minimum absolute atomic E-state index is 0.0974. The van der Waals surface area contributed by atoms with Crippen LogP contribution in [-0.2, 0) is 11.3 Å². The Morgan fingerprint density at radius 3 is 2.38 bits per heavy atom. The fourth-order valence-electron chi connectivity index (χ4n) is 6.41. The standard InChI is InChI=1S/C32H47N5O2/c1-23-9-8-12-28(19-23)21-37(30(38)20-27-10-6-5-7-11-27)29-14-17-36(18-15-29)24(2)13-16-33-32(39)31-25(3)34-22-35-26(31)4/h8-9,12,19,22,24,27,29H,5-7,10-11,13-18,20-21H2,1-4H3,(H,33,39). The van der Waals surface area contributed by atoms with E-state index in [-0.39, 0.29) is 11.9 Å². The molecular formula is C32H47N5O2. The van der Waals surface area contributed by atoms with Crippen molar-refractivity contribution in [3.05, 3.63) is 58.7 Å². The first kappa shape index (κ1) is 29.2. The lowest BCUT2D eigenvalue weighted by molar-refractivity contribution is -0.136. The Kier molecular flexibility index (Phi) is 10.5. The molecule has 0 spiro atoms. The van der Waals surface area contributed by atoms with Gasteiger partial charge in [-0.05, 0) is 71.3 Å². The van der Waals surface area contributed by atoms with Gasteiger partial charge in [0, 0.05) is 44.7 Å². The molecule has 1 aliphatic carbocycles. The molecule has 0 bridgehead atoms. The van der Waals surface area contributed by atoms with E-state index in [0.29, 0.717) is 54.3 Å². The Morgan fingerprint density at radius 2 is 1.72 bits per heavy atom. The van der Waals surface area contributed by atoms with Gasteiger partial charge < -0.3 is 15.1 Å². The maximum atomic E-state index is 13.6. The lowest BCUT2D eigenvalue weighted by Gasteiger charge is -2.41. The van der Waals surface area contributed by atoms with E-state index in [2.05, 4.69) is 63.2 Å². The lowest BCUT2D eigenvalue weighted by atomic mass is 9.86. The molecule has 1 atom stereocenters. The number of amides is 2. The zero-order valence-electron chi connectivity index (χ0n) is 24.4. The number of rotatable bonds is 10. The fraction of sp³-hybridized carbons (Fsp3) is 0.625. The molecular weight excluding hydrogens is 486 g/mol. The van der Waals surface area contributed by atoms with Crippen molar-refractivity contribution in [1.29, 1.82) is 0 Å². The number of piperidine rings is 1. The molecule has 1 aromatic carbocycles. The first-order valence-electron chi connectivity index (χ1n) is 15.0. The summed E-state index contributed by atoms with van der Waals surface area (Å²) < 4.78 is 0. The summed E-state index contributed by atoms with van der Waals surface area (Å²) in [5.41, 5.74) is 4.48. The second-order valence-electron chi connectivity index (χ2n) is 11.8. The van der Waals surface area contributed by atoms with E-state index in [1.807, 2.05) is 13.8 Å². The average molecular weight is 534 g/mol. The minimum atomic E-state index is -0.0974. The van der Waals surface area contributed by atoms with Crippen LogP contribution in [0, 0.1) is 26.7 Å². The highest BCUT2D eigenvalue weighted by Gasteiger charge is 2.31. The second-order valence-corrected chi connectivity index (χ2v) is 11.8. The number of nitrogens with one attached hydrogen (secondary N) is 1. The number of carbonyl (C=O) groups excluding carboxylic acids is 2. The number of benzene rings is 1. The van der Waals surface area contributed by atoms with Gasteiger partial charge in [-0.25, -0.2) is 9.97 Å². The Hall–Kier alpha value is -2.80. The van der Waals surface area contributed by atoms with Crippen LogP contribution in [-0.4, -0.2) is 63.3 Å². The predicted molar refractivity (Wildman–Crippen MR) is 155 cm³/mol. The van der Waals surface area contributed by atoms with Gasteiger partial charge in [-0.15, -0.1) is 0 Å². The molecule has 1 N–H and O–H groups in total. The highest BCUT2D eigenvalue weighted by molar-refractivity contribution is 5.96. The predicted octanol–water partition coefficient (Wildman–Crippen LogP) is 5.37. The van der Waals surface area contributed by atoms with Crippen LogP contribution in [0.4, 0.5) is 0 Å². The van der Waals surface area contributed by atoms with E-state index in [1.54, 1.807) is 0 Å². The van der Waals surface area contributed by atoms with Crippen LogP contribution in [0.15, 0.2) is 30.6 Å². The molecule has 2 aromatic rings. The summed E-state index contributed by atoms with van der Waals surface area (Å²) >= 11 is 0. The van der Waals surface area contributed by atoms with Crippen molar-refractivity contribution in [2.24, 2.45) is 5.92 Å². The molecule has 7 nitrogen and oxygen atoms in total. The number of hydrogen-bond donors (Lipinski definition) is 1. The van der Waals surface area contributed by atoms with Crippen molar-refractivity contribution in [1.82, 2.24) is 25.1 Å². The second kappa shape index (κ2) is 14.0. The number of likely N-dealkylation sites (tertiary alicyclic amines) is 1. The number of nitrogens with zero attached hydrogens (tertiary/aromatic N) is 4. The molecule has 1 unspecified atom stereocenters. The van der Waals surface area contributed by atoms with E-state index < -0.39 is 0 Å². The van der Waals surface area contributed by atoms with Crippen LogP contribution in [0.1, 0.15) is 97.6 Å². The maximum absolute atomic E-state index is 13.6. The minimum Gasteiger partial charge on any atom is -0.352 e. The van der Waals surface area contributed by atoms with Gasteiger partial charge in [-0.1, -0.05) is 49.1 Å². The van der Waals surface area contributed by atoms with Gasteiger partial charge in [-0.2, -0.15) is 0 Å². The SMILES string of the molecule is Cc1cccc(CN(C(=O)CC2CCCCC2)C2CCN(C(C)CCNC(=O)c3c(C)ncnc3C)CC2)c1. The third-order valence-electron chi connectivity index (χ3n) is 8.81. The third kappa shape index (κ3) is 8.10. The van der Waals surface area contributed by atoms with Gasteiger partial charge in [0.15, 0.2) is 0 Å². The smallest absolute Gasteiger partial charge is 0.254 e. The molecule has 1 saturated heterocycles. The summed E-state index contributed by atoms with van der Waals surface area (Å²) in [4.78, 5) is 39.4. The summed E-state index contributed by atoms with van der Waals surface area (Å²) in [6.45, 7) is 11.3. The molecule has 4 rings (SSSR count). The number of aromatic nitrogens is 2. The summed E-state index contributed by atoms with van der Waals surface area (Å²) in [6, 6.07) is 9.25. The number of carbonyl (C=O) groups is 2. The summed E-state index contributed by atoms with van der Waals surface area (Å²) in [6.07, 6.45) is 11.3. The molecule has 1 saturated carbocycles. The van der Waals surface area contributed by atoms with Crippen molar-refractivity contribution in [3.63, 3.8) is 0 Å². The van der Waals surface area contributed by atoms with Crippen LogP contribution in [0.25, 0.3) is 0 Å². The Morgan fingerprint density at radius 1 is 1.03 bits per heavy atom. The average Bonchev–Trinajstić information content (AvgIpc) is 2.92. The molecule has 2 aliphatic rings. The van der Waals surface area contributed by atoms with Crippen LogP contribution in [0.3, 0.4) is 0 Å². The highest BCUT2D eigenvalue weighted by Crippen LogP contribution is 2.29. The number of hydrogen-bond acceptors (Lipinski definition) is 5. The molecule has 2 heterocycles. The van der Waals surface area contributed by atoms with Crippen LogP contribution in [0.2, 0.25) is 0 Å². The van der Waals surface area contributed by atoms with E-state index in [1.165, 1.54) is 49.6 Å². The summed E-state index contributed by atoms with van der Waals surface area (Å²) in [5.74, 6) is 0.796. The van der Waals surface area contributed by atoms with E-state index in [9.17, 15) is 9.59 Å². The van der Waals surface area contributed by atoms with E-state index in [0.717, 1.165) is 32.4 Å². The number of aryl methyl sites for hydroxylation is 3. The first-order valence-corrected chi connectivity index (χ1v) is 15.0. The van der Waals surface area contributed by atoms with Crippen molar-refractivity contribution in [3.8, 4) is 0 Å². The quantitative estimate of drug-likeness (QED) is 0.444. The monoisotopic (exact) mass is 533 g/mol. The van der Waals surface area contributed by atoms with Gasteiger partial charge in [0.05, 0.1) is 17.0 Å². The van der Waals surface area contributed by atoms with Crippen molar-refractivity contribution in [2.75, 3.05) is 19.6 Å². The molecule has 2 fully saturated rings. The molecule has 1 aromatic heterocycles. The van der Waals surface area contributed by atoms with Crippen molar-refractivity contribution in [2.45, 2.75) is 104 Å². The molecule has 39 heavy (non-hydrogen) atoms. The maximum Gasteiger partial charge on any atom is 0.254 e. The summed E-state index contributed by atoms with van der Waals surface area (Å²) in [7, 11) is 0. The van der Waals surface area contributed by atoms with Crippen molar-refractivity contribution >= 4 is 11.8 Å². The van der Waals surface area contributed by atoms with E-state index in [4.69, 9.17) is 0 Å². The molecule has 1 aliphatic heterocycles. The largest absolute Gasteiger partial charge is 0.352 e. The van der Waals surface area contributed by atoms with Gasteiger partial charge >= 0.3 is 0 Å². The molecule has 2 amide bonds. The lowest BCUT2D eigenvalue weighted by Crippen LogP contribution is -2.49. The van der Waals surface area contributed by atoms with Crippen LogP contribution >= 0.6 is 0 Å². The van der Waals surface area contributed by atoms with Gasteiger partial charge in [0.2, 0.25) is 5.91 Å².